The maximum atomic E-state index is 14.1. The topological polar surface area (TPSA) is 170 Å². The lowest BCUT2D eigenvalue weighted by atomic mass is 9.71. The predicted molar refractivity (Wildman–Crippen MR) is 209 cm³/mol. The molecule has 5 fully saturated rings. The van der Waals surface area contributed by atoms with Crippen LogP contribution in [0.25, 0.3) is 0 Å². The molecule has 2 bridgehead atoms. The van der Waals surface area contributed by atoms with Crippen LogP contribution in [0.2, 0.25) is 0 Å². The Morgan fingerprint density at radius 3 is 2.34 bits per heavy atom. The molecule has 14 heteroatoms. The molecule has 3 N–H and O–H groups in total. The van der Waals surface area contributed by atoms with E-state index in [9.17, 15) is 20.1 Å². The molecule has 0 amide bonds. The van der Waals surface area contributed by atoms with Gasteiger partial charge in [-0.15, -0.1) is 0 Å². The van der Waals surface area contributed by atoms with Crippen molar-refractivity contribution in [1.82, 2.24) is 0 Å². The van der Waals surface area contributed by atoms with Gasteiger partial charge in [-0.25, -0.2) is 0 Å². The molecule has 0 radical (unpaired) electrons. The van der Waals surface area contributed by atoms with Crippen LogP contribution >= 0.6 is 0 Å². The van der Waals surface area contributed by atoms with Gasteiger partial charge in [-0.2, -0.15) is 0 Å². The van der Waals surface area contributed by atoms with Crippen LogP contribution in [0, 0.1) is 17.8 Å². The maximum absolute atomic E-state index is 14.1. The number of aliphatic hydroxyl groups is 3. The van der Waals surface area contributed by atoms with Crippen LogP contribution in [-0.2, 0) is 52.2 Å². The zero-order valence-corrected chi connectivity index (χ0v) is 35.3. The second-order valence-electron chi connectivity index (χ2n) is 17.8. The van der Waals surface area contributed by atoms with E-state index in [1.54, 1.807) is 40.2 Å². The Morgan fingerprint density at radius 1 is 0.897 bits per heavy atom. The van der Waals surface area contributed by atoms with Crippen molar-refractivity contribution in [2.45, 2.75) is 178 Å². The standard InChI is InChI=1S/C44H66O14/c1-23-14-15-43(52-21-23)20-31-17-30(58-43)13-12-25(3)39(24(2)10-9-11-29-22-51-41-37(45)26(4)16-32(42(47)55-31)44(29,41)48)56-36-19-34(50-8)40(28(6)54-36)57-35-18-33(49-7)38(46)27(5)53-35/h9-12,16,23-24,27-28,30-41,45-46,48H,13-15,17-22H2,1-8H3/b10-9-,25-12-,29-11-/t23-,24?,27-,28-,30?,31?,32?,33-,34-,35-,36?,37+,38-,39-,40-,41?,43?,44+/m0/s1. The SMILES string of the molecule is CO[C@H]1C[C@H](O[C@H]2[C@H](C)OC(O[C@@H]3/C(C)=C\CC4CC(CC5(CC[C@H](C)CO5)O4)OC(=O)C4C=C(C)[C@@H](O)C5OC/C(=C/C=C\C3C)[C@@]45O)C[C@@H]2OC)O[C@@H](C)[C@@H]1O. The number of carbonyl (C=O) groups excluding carboxylic acids is 1. The van der Waals surface area contributed by atoms with E-state index in [4.69, 9.17) is 47.4 Å². The second kappa shape index (κ2) is 18.1. The van der Waals surface area contributed by atoms with Gasteiger partial charge in [0.2, 0.25) is 0 Å². The van der Waals surface area contributed by atoms with Crippen molar-refractivity contribution in [2.24, 2.45) is 17.8 Å². The minimum Gasteiger partial charge on any atom is -0.462 e. The second-order valence-corrected chi connectivity index (χ2v) is 17.8. The summed E-state index contributed by atoms with van der Waals surface area (Å²) in [5.74, 6) is -2.32. The molecule has 6 aliphatic heterocycles. The quantitative estimate of drug-likeness (QED) is 0.258. The highest BCUT2D eigenvalue weighted by Crippen LogP contribution is 2.47. The number of hydrogen-bond donors (Lipinski definition) is 3. The number of rotatable bonds is 6. The molecule has 1 spiro atoms. The van der Waals surface area contributed by atoms with Crippen molar-refractivity contribution in [1.29, 1.82) is 0 Å². The Kier molecular flexibility index (Phi) is 13.8. The first kappa shape index (κ1) is 44.0. The van der Waals surface area contributed by atoms with Crippen molar-refractivity contribution < 1.29 is 67.5 Å². The van der Waals surface area contributed by atoms with E-state index >= 15 is 0 Å². The molecule has 326 valence electrons. The molecule has 0 aromatic carbocycles. The Bertz CT molecular complexity index is 1570. The molecule has 0 aromatic rings. The molecule has 58 heavy (non-hydrogen) atoms. The van der Waals surface area contributed by atoms with Crippen molar-refractivity contribution in [2.75, 3.05) is 27.4 Å². The zero-order valence-electron chi connectivity index (χ0n) is 35.3. The fourth-order valence-electron chi connectivity index (χ4n) is 9.95. The van der Waals surface area contributed by atoms with E-state index in [2.05, 4.69) is 19.9 Å². The number of esters is 1. The summed E-state index contributed by atoms with van der Waals surface area (Å²) in [7, 11) is 3.22. The average molecular weight is 819 g/mol. The summed E-state index contributed by atoms with van der Waals surface area (Å²) in [6, 6.07) is 0. The zero-order chi connectivity index (χ0) is 41.5. The maximum Gasteiger partial charge on any atom is 0.316 e. The summed E-state index contributed by atoms with van der Waals surface area (Å²) in [5, 5.41) is 34.0. The van der Waals surface area contributed by atoms with Gasteiger partial charge in [0.25, 0.3) is 0 Å². The van der Waals surface area contributed by atoms with E-state index in [0.29, 0.717) is 62.2 Å². The molecule has 7 rings (SSSR count). The lowest BCUT2D eigenvalue weighted by molar-refractivity contribution is -0.318. The number of allylic oxidation sites excluding steroid dienone is 2. The first-order chi connectivity index (χ1) is 27.6. The third-order valence-electron chi connectivity index (χ3n) is 13.5. The summed E-state index contributed by atoms with van der Waals surface area (Å²) >= 11 is 0. The normalized spacial score (nSPS) is 50.1. The Hall–Kier alpha value is -2.05. The highest BCUT2D eigenvalue weighted by molar-refractivity contribution is 5.78. The highest BCUT2D eigenvalue weighted by Gasteiger charge is 2.60. The Labute approximate surface area is 342 Å². The molecule has 5 saturated heterocycles. The fourth-order valence-corrected chi connectivity index (χ4v) is 9.95. The van der Waals surface area contributed by atoms with Gasteiger partial charge in [-0.1, -0.05) is 44.2 Å². The summed E-state index contributed by atoms with van der Waals surface area (Å²) < 4.78 is 62.8. The average Bonchev–Trinajstić information content (AvgIpc) is 3.53. The fraction of sp³-hybridized carbons (Fsp3) is 0.795. The van der Waals surface area contributed by atoms with E-state index in [1.165, 1.54) is 0 Å². The van der Waals surface area contributed by atoms with Gasteiger partial charge in [0, 0.05) is 52.2 Å². The van der Waals surface area contributed by atoms with Gasteiger partial charge in [0.15, 0.2) is 18.4 Å². The van der Waals surface area contributed by atoms with Crippen molar-refractivity contribution in [3.8, 4) is 0 Å². The van der Waals surface area contributed by atoms with Gasteiger partial charge in [0.05, 0.1) is 49.8 Å². The van der Waals surface area contributed by atoms with Crippen LogP contribution in [0.5, 0.6) is 0 Å². The number of aliphatic hydroxyl groups excluding tert-OH is 2. The van der Waals surface area contributed by atoms with Gasteiger partial charge >= 0.3 is 5.97 Å². The first-order valence-electron chi connectivity index (χ1n) is 21.3. The van der Waals surface area contributed by atoms with Crippen LogP contribution in [0.3, 0.4) is 0 Å². The van der Waals surface area contributed by atoms with Crippen LogP contribution in [-0.4, -0.2) is 140 Å². The molecule has 14 nitrogen and oxygen atoms in total. The van der Waals surface area contributed by atoms with Crippen LogP contribution in [0.15, 0.2) is 47.1 Å². The van der Waals surface area contributed by atoms with E-state index < -0.39 is 90.8 Å². The van der Waals surface area contributed by atoms with Gasteiger partial charge in [-0.05, 0) is 63.2 Å². The number of fused-ring (bicyclic) bond motifs is 2. The third kappa shape index (κ3) is 8.96. The molecule has 18 atom stereocenters. The monoisotopic (exact) mass is 818 g/mol. The van der Waals surface area contributed by atoms with E-state index in [1.807, 2.05) is 26.0 Å². The molecule has 0 saturated carbocycles. The Balaban J connectivity index is 1.16. The largest absolute Gasteiger partial charge is 0.462 e. The van der Waals surface area contributed by atoms with Crippen molar-refractivity contribution >= 4 is 5.97 Å². The predicted octanol–water partition coefficient (Wildman–Crippen LogP) is 4.19. The molecule has 6 heterocycles. The molecule has 7 unspecified atom stereocenters. The third-order valence-corrected chi connectivity index (χ3v) is 13.5. The number of hydrogen-bond acceptors (Lipinski definition) is 14. The number of carbonyl (C=O) groups is 1. The summed E-state index contributed by atoms with van der Waals surface area (Å²) in [6.45, 7) is 12.3. The smallest absolute Gasteiger partial charge is 0.316 e. The van der Waals surface area contributed by atoms with Gasteiger partial charge < -0.3 is 62.7 Å². The molecule has 1 aliphatic carbocycles. The van der Waals surface area contributed by atoms with E-state index in [0.717, 1.165) is 12.0 Å². The van der Waals surface area contributed by atoms with Crippen molar-refractivity contribution in [3.05, 3.63) is 47.1 Å². The molecule has 7 aliphatic rings. The van der Waals surface area contributed by atoms with Crippen LogP contribution in [0.4, 0.5) is 0 Å². The minimum atomic E-state index is -1.81. The van der Waals surface area contributed by atoms with Crippen LogP contribution < -0.4 is 0 Å². The minimum absolute atomic E-state index is 0.0438. The number of ether oxygens (including phenoxy) is 10. The lowest BCUT2D eigenvalue weighted by Crippen LogP contribution is -2.58. The molecule has 0 aromatic heterocycles. The Morgan fingerprint density at radius 2 is 1.62 bits per heavy atom. The van der Waals surface area contributed by atoms with Crippen molar-refractivity contribution in [3.63, 3.8) is 0 Å². The van der Waals surface area contributed by atoms with Crippen LogP contribution in [0.1, 0.15) is 86.5 Å². The summed E-state index contributed by atoms with van der Waals surface area (Å²) in [5.41, 5.74) is 0.195. The lowest BCUT2D eigenvalue weighted by Gasteiger charge is -2.47. The highest BCUT2D eigenvalue weighted by atomic mass is 16.7. The van der Waals surface area contributed by atoms with E-state index in [-0.39, 0.29) is 24.7 Å². The van der Waals surface area contributed by atoms with Gasteiger partial charge in [0.1, 0.15) is 42.0 Å². The summed E-state index contributed by atoms with van der Waals surface area (Å²) in [4.78, 5) is 14.1. The molecular weight excluding hydrogens is 752 g/mol. The first-order valence-corrected chi connectivity index (χ1v) is 21.3. The molecular formula is C44H66O14. The van der Waals surface area contributed by atoms with Gasteiger partial charge in [-0.3, -0.25) is 4.79 Å². The summed E-state index contributed by atoms with van der Waals surface area (Å²) in [6.07, 6.45) is 5.65. The number of methoxy groups -OCH3 is 2.